The van der Waals surface area contributed by atoms with Crippen LogP contribution in [-0.4, -0.2) is 18.6 Å². The standard InChI is InChI=1S/C21H18N2O4S/c1-14-8-11-19(15(2)12-14)28(24,25)13-17-9-10-18(26-17)21-22-20(23-27-21)16-6-4-3-5-7-16/h3-12H,13H2,1-2H3. The second-order valence-corrected chi connectivity index (χ2v) is 8.54. The summed E-state index contributed by atoms with van der Waals surface area (Å²) >= 11 is 0. The Bertz CT molecular complexity index is 1220. The number of aryl methyl sites for hydroxylation is 2. The molecule has 0 N–H and O–H groups in total. The van der Waals surface area contributed by atoms with Crippen LogP contribution in [0.1, 0.15) is 16.9 Å². The van der Waals surface area contributed by atoms with Gasteiger partial charge in [-0.15, -0.1) is 0 Å². The predicted octanol–water partition coefficient (Wildman–Crippen LogP) is 4.59. The number of nitrogens with zero attached hydrogens (tertiary/aromatic N) is 2. The van der Waals surface area contributed by atoms with Crippen LogP contribution in [-0.2, 0) is 15.6 Å². The number of aromatic nitrogens is 2. The molecule has 0 saturated heterocycles. The second kappa shape index (κ2) is 7.09. The molecule has 142 valence electrons. The fourth-order valence-corrected chi connectivity index (χ4v) is 4.52. The predicted molar refractivity (Wildman–Crippen MR) is 104 cm³/mol. The lowest BCUT2D eigenvalue weighted by atomic mass is 10.2. The third-order valence-corrected chi connectivity index (χ3v) is 6.12. The van der Waals surface area contributed by atoms with Gasteiger partial charge >= 0.3 is 0 Å². The Morgan fingerprint density at radius 2 is 1.75 bits per heavy atom. The van der Waals surface area contributed by atoms with Gasteiger partial charge in [-0.25, -0.2) is 8.42 Å². The van der Waals surface area contributed by atoms with E-state index in [1.165, 1.54) is 0 Å². The molecule has 7 heteroatoms. The van der Waals surface area contributed by atoms with E-state index in [1.54, 1.807) is 31.2 Å². The molecule has 2 heterocycles. The summed E-state index contributed by atoms with van der Waals surface area (Å²) in [4.78, 5) is 4.63. The van der Waals surface area contributed by atoms with E-state index >= 15 is 0 Å². The highest BCUT2D eigenvalue weighted by atomic mass is 32.2. The van der Waals surface area contributed by atoms with E-state index in [9.17, 15) is 8.42 Å². The van der Waals surface area contributed by atoms with Gasteiger partial charge in [-0.05, 0) is 37.6 Å². The van der Waals surface area contributed by atoms with Crippen molar-refractivity contribution >= 4 is 9.84 Å². The fourth-order valence-electron chi connectivity index (χ4n) is 3.01. The van der Waals surface area contributed by atoms with Gasteiger partial charge in [0.15, 0.2) is 15.6 Å². The van der Waals surface area contributed by atoms with Crippen molar-refractivity contribution in [3.8, 4) is 23.0 Å². The van der Waals surface area contributed by atoms with Crippen LogP contribution in [0.15, 0.2) is 74.5 Å². The van der Waals surface area contributed by atoms with Crippen molar-refractivity contribution in [3.63, 3.8) is 0 Å². The van der Waals surface area contributed by atoms with Gasteiger partial charge in [0.2, 0.25) is 5.82 Å². The molecule has 0 spiro atoms. The Kier molecular flexibility index (Phi) is 4.60. The van der Waals surface area contributed by atoms with Crippen LogP contribution >= 0.6 is 0 Å². The van der Waals surface area contributed by atoms with Crippen LogP contribution in [0.5, 0.6) is 0 Å². The molecule has 2 aromatic carbocycles. The molecule has 0 radical (unpaired) electrons. The molecule has 2 aromatic heterocycles. The highest BCUT2D eigenvalue weighted by molar-refractivity contribution is 7.90. The summed E-state index contributed by atoms with van der Waals surface area (Å²) in [5, 5.41) is 3.95. The minimum atomic E-state index is -3.53. The molecular weight excluding hydrogens is 376 g/mol. The molecule has 0 bridgehead atoms. The van der Waals surface area contributed by atoms with E-state index in [0.29, 0.717) is 22.2 Å². The molecular formula is C21H18N2O4S. The fraction of sp³-hybridized carbons (Fsp3) is 0.143. The van der Waals surface area contributed by atoms with Gasteiger partial charge in [-0.3, -0.25) is 0 Å². The summed E-state index contributed by atoms with van der Waals surface area (Å²) in [6, 6.07) is 17.9. The normalized spacial score (nSPS) is 11.6. The zero-order chi connectivity index (χ0) is 19.7. The summed E-state index contributed by atoms with van der Waals surface area (Å²) in [5.41, 5.74) is 2.56. The van der Waals surface area contributed by atoms with Gasteiger partial charge in [0, 0.05) is 5.56 Å². The highest BCUT2D eigenvalue weighted by Gasteiger charge is 2.21. The Morgan fingerprint density at radius 1 is 0.964 bits per heavy atom. The third-order valence-electron chi connectivity index (χ3n) is 4.33. The van der Waals surface area contributed by atoms with Crippen molar-refractivity contribution < 1.29 is 17.4 Å². The number of benzene rings is 2. The molecule has 0 aliphatic heterocycles. The summed E-state index contributed by atoms with van der Waals surface area (Å²) < 4.78 is 36.4. The van der Waals surface area contributed by atoms with Gasteiger partial charge in [-0.2, -0.15) is 4.98 Å². The van der Waals surface area contributed by atoms with E-state index in [1.807, 2.05) is 43.3 Å². The number of hydrogen-bond donors (Lipinski definition) is 0. The maximum absolute atomic E-state index is 12.8. The van der Waals surface area contributed by atoms with Crippen molar-refractivity contribution in [2.45, 2.75) is 24.5 Å². The topological polar surface area (TPSA) is 86.2 Å². The van der Waals surface area contributed by atoms with Crippen LogP contribution in [0.3, 0.4) is 0 Å². The first kappa shape index (κ1) is 18.2. The third kappa shape index (κ3) is 3.61. The maximum Gasteiger partial charge on any atom is 0.293 e. The summed E-state index contributed by atoms with van der Waals surface area (Å²) in [6.07, 6.45) is 0. The van der Waals surface area contributed by atoms with Gasteiger partial charge in [-0.1, -0.05) is 53.2 Å². The van der Waals surface area contributed by atoms with Gasteiger partial charge in [0.25, 0.3) is 5.89 Å². The minimum Gasteiger partial charge on any atom is -0.455 e. The van der Waals surface area contributed by atoms with Crippen molar-refractivity contribution in [1.82, 2.24) is 10.1 Å². The smallest absolute Gasteiger partial charge is 0.293 e. The monoisotopic (exact) mass is 394 g/mol. The van der Waals surface area contributed by atoms with E-state index in [2.05, 4.69) is 10.1 Å². The van der Waals surface area contributed by atoms with Gasteiger partial charge in [0.05, 0.1) is 4.90 Å². The number of sulfone groups is 1. The molecule has 4 aromatic rings. The first-order chi connectivity index (χ1) is 13.4. The average Bonchev–Trinajstić information content (AvgIpc) is 3.31. The molecule has 0 amide bonds. The lowest BCUT2D eigenvalue weighted by Gasteiger charge is -2.07. The van der Waals surface area contributed by atoms with Crippen LogP contribution < -0.4 is 0 Å². The quantitative estimate of drug-likeness (QED) is 0.492. The zero-order valence-corrected chi connectivity index (χ0v) is 16.2. The lowest BCUT2D eigenvalue weighted by Crippen LogP contribution is -2.06. The first-order valence-electron chi connectivity index (χ1n) is 8.70. The van der Waals surface area contributed by atoms with E-state index in [-0.39, 0.29) is 11.6 Å². The van der Waals surface area contributed by atoms with Gasteiger partial charge < -0.3 is 8.94 Å². The molecule has 6 nitrogen and oxygen atoms in total. The van der Waals surface area contributed by atoms with Crippen molar-refractivity contribution in [3.05, 3.63) is 77.6 Å². The molecule has 0 aliphatic rings. The Morgan fingerprint density at radius 3 is 2.50 bits per heavy atom. The van der Waals surface area contributed by atoms with Crippen LogP contribution in [0.25, 0.3) is 23.0 Å². The number of furan rings is 1. The minimum absolute atomic E-state index is 0.203. The van der Waals surface area contributed by atoms with Crippen LogP contribution in [0.2, 0.25) is 0 Å². The molecule has 0 unspecified atom stereocenters. The zero-order valence-electron chi connectivity index (χ0n) is 15.4. The summed E-state index contributed by atoms with van der Waals surface area (Å²) in [5.74, 6) is 1.05. The van der Waals surface area contributed by atoms with Crippen molar-refractivity contribution in [2.75, 3.05) is 0 Å². The van der Waals surface area contributed by atoms with Crippen LogP contribution in [0, 0.1) is 13.8 Å². The Hall–Kier alpha value is -3.19. The molecule has 28 heavy (non-hydrogen) atoms. The number of hydrogen-bond acceptors (Lipinski definition) is 6. The SMILES string of the molecule is Cc1ccc(S(=O)(=O)Cc2ccc(-c3nc(-c4ccccc4)no3)o2)c(C)c1. The Labute approximate surface area is 162 Å². The van der Waals surface area contributed by atoms with E-state index in [0.717, 1.165) is 16.7 Å². The Balaban J connectivity index is 1.57. The van der Waals surface area contributed by atoms with E-state index < -0.39 is 9.84 Å². The lowest BCUT2D eigenvalue weighted by molar-refractivity contribution is 0.413. The molecule has 0 fully saturated rings. The largest absolute Gasteiger partial charge is 0.455 e. The summed E-state index contributed by atoms with van der Waals surface area (Å²) in [6.45, 7) is 3.72. The molecule has 4 rings (SSSR count). The molecule has 0 saturated carbocycles. The maximum atomic E-state index is 12.8. The molecule has 0 aliphatic carbocycles. The van der Waals surface area contributed by atoms with E-state index in [4.69, 9.17) is 8.94 Å². The first-order valence-corrected chi connectivity index (χ1v) is 10.4. The second-order valence-electron chi connectivity index (χ2n) is 6.58. The highest BCUT2D eigenvalue weighted by Crippen LogP contribution is 2.27. The van der Waals surface area contributed by atoms with Crippen LogP contribution in [0.4, 0.5) is 0 Å². The van der Waals surface area contributed by atoms with Crippen molar-refractivity contribution in [1.29, 1.82) is 0 Å². The number of rotatable bonds is 5. The summed E-state index contributed by atoms with van der Waals surface area (Å²) in [7, 11) is -3.53. The van der Waals surface area contributed by atoms with Crippen molar-refractivity contribution in [2.24, 2.45) is 0 Å². The van der Waals surface area contributed by atoms with Gasteiger partial charge in [0.1, 0.15) is 11.5 Å². The average molecular weight is 394 g/mol. The molecule has 0 atom stereocenters.